The Balaban J connectivity index is 2.32. The van der Waals surface area contributed by atoms with E-state index in [9.17, 15) is 5.11 Å². The highest BCUT2D eigenvalue weighted by Crippen LogP contribution is 2.40. The van der Waals surface area contributed by atoms with Crippen LogP contribution in [-0.2, 0) is 5.60 Å². The van der Waals surface area contributed by atoms with E-state index in [0.29, 0.717) is 5.92 Å². The second kappa shape index (κ2) is 3.97. The molecule has 1 aromatic rings. The Morgan fingerprint density at radius 1 is 1.33 bits per heavy atom. The monoisotopic (exact) mass is 204 g/mol. The molecule has 0 spiro atoms. The highest BCUT2D eigenvalue weighted by Gasteiger charge is 2.34. The third kappa shape index (κ3) is 2.07. The fraction of sp³-hybridized carbons (Fsp3) is 0.571. The zero-order chi connectivity index (χ0) is 10.9. The van der Waals surface area contributed by atoms with Crippen LogP contribution < -0.4 is 0 Å². The number of hydrogen-bond donors (Lipinski definition) is 1. The Morgan fingerprint density at radius 2 is 2.07 bits per heavy atom. The number of hydrogen-bond acceptors (Lipinski definition) is 1. The molecular formula is C14H20O. The van der Waals surface area contributed by atoms with Crippen LogP contribution in [0.5, 0.6) is 0 Å². The summed E-state index contributed by atoms with van der Waals surface area (Å²) >= 11 is 0. The van der Waals surface area contributed by atoms with Gasteiger partial charge in [0.05, 0.1) is 5.60 Å². The third-order valence-corrected chi connectivity index (χ3v) is 3.62. The Labute approximate surface area is 92.1 Å². The molecule has 0 amide bonds. The van der Waals surface area contributed by atoms with Crippen molar-refractivity contribution in [3.8, 4) is 0 Å². The van der Waals surface area contributed by atoms with Crippen molar-refractivity contribution in [3.05, 3.63) is 35.4 Å². The van der Waals surface area contributed by atoms with E-state index in [2.05, 4.69) is 26.0 Å². The standard InChI is InChI=1S/C14H20O/c1-11-6-5-9-14(15,10-11)13-8-4-3-7-12(13)2/h3-4,7-8,11,15H,5-6,9-10H2,1-2H3/t11-,14-/m0/s1. The average Bonchev–Trinajstić information content (AvgIpc) is 2.17. The largest absolute Gasteiger partial charge is 0.385 e. The van der Waals surface area contributed by atoms with Gasteiger partial charge in [0.1, 0.15) is 0 Å². The first-order chi connectivity index (χ1) is 7.12. The molecule has 0 unspecified atom stereocenters. The number of benzene rings is 1. The minimum Gasteiger partial charge on any atom is -0.385 e. The van der Waals surface area contributed by atoms with Gasteiger partial charge in [-0.3, -0.25) is 0 Å². The third-order valence-electron chi connectivity index (χ3n) is 3.62. The van der Waals surface area contributed by atoms with E-state index in [1.54, 1.807) is 0 Å². The van der Waals surface area contributed by atoms with Crippen molar-refractivity contribution in [1.29, 1.82) is 0 Å². The summed E-state index contributed by atoms with van der Waals surface area (Å²) in [4.78, 5) is 0. The number of rotatable bonds is 1. The molecule has 0 heterocycles. The Hall–Kier alpha value is -0.820. The summed E-state index contributed by atoms with van der Waals surface area (Å²) in [6.45, 7) is 4.33. The van der Waals surface area contributed by atoms with Crippen molar-refractivity contribution in [2.24, 2.45) is 5.92 Å². The van der Waals surface area contributed by atoms with Gasteiger partial charge in [0.2, 0.25) is 0 Å². The number of aryl methyl sites for hydroxylation is 1. The molecule has 1 saturated carbocycles. The lowest BCUT2D eigenvalue weighted by molar-refractivity contribution is -0.0183. The van der Waals surface area contributed by atoms with Gasteiger partial charge in [-0.15, -0.1) is 0 Å². The normalized spacial score (nSPS) is 31.5. The van der Waals surface area contributed by atoms with E-state index in [1.165, 1.54) is 12.0 Å². The SMILES string of the molecule is Cc1ccccc1[C@]1(O)CCC[C@H](C)C1. The summed E-state index contributed by atoms with van der Waals surface area (Å²) in [5, 5.41) is 10.7. The summed E-state index contributed by atoms with van der Waals surface area (Å²) in [5.74, 6) is 0.642. The van der Waals surface area contributed by atoms with Crippen LogP contribution in [0.15, 0.2) is 24.3 Å². The Kier molecular flexibility index (Phi) is 2.83. The van der Waals surface area contributed by atoms with E-state index >= 15 is 0 Å². The molecule has 1 aliphatic rings. The van der Waals surface area contributed by atoms with Crippen molar-refractivity contribution < 1.29 is 5.11 Å². The first kappa shape index (κ1) is 10.7. The van der Waals surface area contributed by atoms with Gasteiger partial charge in [0.25, 0.3) is 0 Å². The zero-order valence-corrected chi connectivity index (χ0v) is 9.66. The van der Waals surface area contributed by atoms with Gasteiger partial charge >= 0.3 is 0 Å². The van der Waals surface area contributed by atoms with Crippen molar-refractivity contribution in [3.63, 3.8) is 0 Å². The van der Waals surface area contributed by atoms with Crippen molar-refractivity contribution in [1.82, 2.24) is 0 Å². The minimum atomic E-state index is -0.566. The predicted octanol–water partition coefficient (Wildman–Crippen LogP) is 3.39. The van der Waals surface area contributed by atoms with E-state index in [-0.39, 0.29) is 0 Å². The predicted molar refractivity (Wildman–Crippen MR) is 62.7 cm³/mol. The average molecular weight is 204 g/mol. The van der Waals surface area contributed by atoms with Crippen LogP contribution in [0.4, 0.5) is 0 Å². The van der Waals surface area contributed by atoms with Crippen molar-refractivity contribution >= 4 is 0 Å². The lowest BCUT2D eigenvalue weighted by Gasteiger charge is -2.36. The van der Waals surface area contributed by atoms with Gasteiger partial charge in [-0.2, -0.15) is 0 Å². The summed E-state index contributed by atoms with van der Waals surface area (Å²) in [7, 11) is 0. The Morgan fingerprint density at radius 3 is 2.73 bits per heavy atom. The van der Waals surface area contributed by atoms with E-state index in [0.717, 1.165) is 24.8 Å². The molecule has 0 bridgehead atoms. The quantitative estimate of drug-likeness (QED) is 0.743. The molecule has 1 N–H and O–H groups in total. The van der Waals surface area contributed by atoms with Crippen LogP contribution in [0.1, 0.15) is 43.7 Å². The van der Waals surface area contributed by atoms with Gasteiger partial charge in [0, 0.05) is 0 Å². The molecule has 0 saturated heterocycles. The topological polar surface area (TPSA) is 20.2 Å². The molecule has 15 heavy (non-hydrogen) atoms. The van der Waals surface area contributed by atoms with Crippen LogP contribution in [0, 0.1) is 12.8 Å². The molecule has 0 radical (unpaired) electrons. The van der Waals surface area contributed by atoms with Crippen LogP contribution in [0.2, 0.25) is 0 Å². The van der Waals surface area contributed by atoms with Crippen LogP contribution in [0.3, 0.4) is 0 Å². The molecule has 1 nitrogen and oxygen atoms in total. The molecule has 0 aliphatic heterocycles. The fourth-order valence-electron chi connectivity index (χ4n) is 2.86. The molecule has 0 aromatic heterocycles. The van der Waals surface area contributed by atoms with Gasteiger partial charge in [-0.25, -0.2) is 0 Å². The smallest absolute Gasteiger partial charge is 0.0901 e. The zero-order valence-electron chi connectivity index (χ0n) is 9.66. The van der Waals surface area contributed by atoms with Crippen LogP contribution in [-0.4, -0.2) is 5.11 Å². The number of aliphatic hydroxyl groups is 1. The lowest BCUT2D eigenvalue weighted by atomic mass is 9.74. The fourth-order valence-corrected chi connectivity index (χ4v) is 2.86. The van der Waals surface area contributed by atoms with Gasteiger partial charge in [-0.1, -0.05) is 37.6 Å². The maximum absolute atomic E-state index is 10.7. The minimum absolute atomic E-state index is 0.566. The molecule has 2 atom stereocenters. The lowest BCUT2D eigenvalue weighted by Crippen LogP contribution is -2.32. The maximum Gasteiger partial charge on any atom is 0.0901 e. The summed E-state index contributed by atoms with van der Waals surface area (Å²) in [5.41, 5.74) is 1.79. The van der Waals surface area contributed by atoms with E-state index in [4.69, 9.17) is 0 Å². The molecule has 82 valence electrons. The Bertz CT molecular complexity index is 345. The highest BCUT2D eigenvalue weighted by atomic mass is 16.3. The van der Waals surface area contributed by atoms with Crippen LogP contribution >= 0.6 is 0 Å². The highest BCUT2D eigenvalue weighted by molar-refractivity contribution is 5.31. The summed E-state index contributed by atoms with van der Waals surface area (Å²) in [6, 6.07) is 8.23. The second-order valence-corrected chi connectivity index (χ2v) is 5.05. The molecule has 1 aliphatic carbocycles. The van der Waals surface area contributed by atoms with Gasteiger partial charge < -0.3 is 5.11 Å². The molecule has 2 rings (SSSR count). The van der Waals surface area contributed by atoms with Gasteiger partial charge in [-0.05, 0) is 43.2 Å². The van der Waals surface area contributed by atoms with Gasteiger partial charge in [0.15, 0.2) is 0 Å². The first-order valence-electron chi connectivity index (χ1n) is 5.90. The summed E-state index contributed by atoms with van der Waals surface area (Å²) < 4.78 is 0. The second-order valence-electron chi connectivity index (χ2n) is 5.05. The summed E-state index contributed by atoms with van der Waals surface area (Å²) in [6.07, 6.45) is 4.24. The van der Waals surface area contributed by atoms with Crippen LogP contribution in [0.25, 0.3) is 0 Å². The van der Waals surface area contributed by atoms with Crippen molar-refractivity contribution in [2.45, 2.75) is 45.1 Å². The van der Waals surface area contributed by atoms with Crippen molar-refractivity contribution in [2.75, 3.05) is 0 Å². The molecule has 1 aromatic carbocycles. The first-order valence-corrected chi connectivity index (χ1v) is 5.90. The molecule has 1 fully saturated rings. The molecule has 1 heteroatoms. The van der Waals surface area contributed by atoms with E-state index < -0.39 is 5.60 Å². The maximum atomic E-state index is 10.7. The molecular weight excluding hydrogens is 184 g/mol. The van der Waals surface area contributed by atoms with E-state index in [1.807, 2.05) is 12.1 Å².